The van der Waals surface area contributed by atoms with Gasteiger partial charge in [0.1, 0.15) is 5.70 Å². The second kappa shape index (κ2) is 6.06. The minimum Gasteiger partial charge on any atom is -0.294 e. The molecule has 13 heavy (non-hydrogen) atoms. The van der Waals surface area contributed by atoms with E-state index in [0.717, 1.165) is 0 Å². The van der Waals surface area contributed by atoms with Crippen molar-refractivity contribution in [2.24, 2.45) is 5.18 Å². The Hall–Kier alpha value is -1.51. The SMILES string of the molecule is C=C(/C=C\C(=C/C)N=O)C(=O)CC. The lowest BCUT2D eigenvalue weighted by Crippen LogP contribution is -1.95. The van der Waals surface area contributed by atoms with E-state index in [4.69, 9.17) is 0 Å². The maximum absolute atomic E-state index is 11.0. The molecular formula is C10H13NO2. The van der Waals surface area contributed by atoms with Crippen LogP contribution in [0.2, 0.25) is 0 Å². The molecule has 0 spiro atoms. The van der Waals surface area contributed by atoms with Crippen LogP contribution in [0.1, 0.15) is 20.3 Å². The van der Waals surface area contributed by atoms with Gasteiger partial charge in [0.15, 0.2) is 5.78 Å². The third-order valence-electron chi connectivity index (χ3n) is 1.54. The Balaban J connectivity index is 4.35. The van der Waals surface area contributed by atoms with Crippen LogP contribution >= 0.6 is 0 Å². The number of ketones is 1. The number of nitroso groups, excluding NO2 is 1. The number of rotatable bonds is 5. The average Bonchev–Trinajstić information content (AvgIpc) is 2.17. The maximum atomic E-state index is 11.0. The molecule has 0 N–H and O–H groups in total. The van der Waals surface area contributed by atoms with Crippen LogP contribution in [0.25, 0.3) is 0 Å². The van der Waals surface area contributed by atoms with E-state index in [0.29, 0.717) is 17.7 Å². The lowest BCUT2D eigenvalue weighted by atomic mass is 10.1. The zero-order valence-corrected chi connectivity index (χ0v) is 7.91. The molecule has 0 saturated heterocycles. The molecule has 0 aromatic rings. The monoisotopic (exact) mass is 179 g/mol. The lowest BCUT2D eigenvalue weighted by Gasteiger charge is -1.93. The van der Waals surface area contributed by atoms with Gasteiger partial charge in [-0.05, 0) is 24.3 Å². The molecule has 0 aromatic carbocycles. The summed E-state index contributed by atoms with van der Waals surface area (Å²) in [6.45, 7) is 7.02. The van der Waals surface area contributed by atoms with Gasteiger partial charge in [-0.1, -0.05) is 19.6 Å². The van der Waals surface area contributed by atoms with E-state index in [1.807, 2.05) is 0 Å². The zero-order chi connectivity index (χ0) is 10.3. The van der Waals surface area contributed by atoms with Crippen molar-refractivity contribution in [3.63, 3.8) is 0 Å². The van der Waals surface area contributed by atoms with Crippen molar-refractivity contribution in [3.05, 3.63) is 41.0 Å². The molecule has 0 atom stereocenters. The Kier molecular flexibility index (Phi) is 5.35. The second-order valence-corrected chi connectivity index (χ2v) is 2.44. The molecule has 0 aliphatic rings. The lowest BCUT2D eigenvalue weighted by molar-refractivity contribution is -0.114. The first-order valence-corrected chi connectivity index (χ1v) is 4.05. The van der Waals surface area contributed by atoms with Crippen molar-refractivity contribution >= 4 is 5.78 Å². The molecule has 0 aliphatic heterocycles. The molecule has 0 radical (unpaired) electrons. The van der Waals surface area contributed by atoms with Gasteiger partial charge >= 0.3 is 0 Å². The van der Waals surface area contributed by atoms with Gasteiger partial charge in [-0.15, -0.1) is 4.91 Å². The van der Waals surface area contributed by atoms with Gasteiger partial charge in [-0.25, -0.2) is 0 Å². The predicted molar refractivity (Wildman–Crippen MR) is 53.1 cm³/mol. The molecule has 3 heteroatoms. The van der Waals surface area contributed by atoms with Gasteiger partial charge in [0.05, 0.1) is 0 Å². The fourth-order valence-corrected chi connectivity index (χ4v) is 0.685. The van der Waals surface area contributed by atoms with Crippen LogP contribution in [-0.4, -0.2) is 5.78 Å². The third kappa shape index (κ3) is 4.15. The highest BCUT2D eigenvalue weighted by Crippen LogP contribution is 2.03. The maximum Gasteiger partial charge on any atom is 0.162 e. The Morgan fingerprint density at radius 1 is 1.46 bits per heavy atom. The van der Waals surface area contributed by atoms with E-state index in [-0.39, 0.29) is 5.78 Å². The molecule has 0 saturated carbocycles. The van der Waals surface area contributed by atoms with Crippen molar-refractivity contribution in [3.8, 4) is 0 Å². The molecule has 0 amide bonds. The zero-order valence-electron chi connectivity index (χ0n) is 7.91. The fourth-order valence-electron chi connectivity index (χ4n) is 0.685. The number of hydrogen-bond acceptors (Lipinski definition) is 3. The summed E-state index contributed by atoms with van der Waals surface area (Å²) in [5, 5.41) is 2.74. The van der Waals surface area contributed by atoms with Crippen molar-refractivity contribution in [1.29, 1.82) is 0 Å². The van der Waals surface area contributed by atoms with Crippen LogP contribution in [0.15, 0.2) is 41.3 Å². The quantitative estimate of drug-likeness (QED) is 0.370. The highest BCUT2D eigenvalue weighted by Gasteiger charge is 1.99. The minimum atomic E-state index is -0.0300. The fraction of sp³-hybridized carbons (Fsp3) is 0.300. The summed E-state index contributed by atoms with van der Waals surface area (Å²) in [5.41, 5.74) is 0.690. The van der Waals surface area contributed by atoms with Crippen molar-refractivity contribution in [1.82, 2.24) is 0 Å². The van der Waals surface area contributed by atoms with Crippen molar-refractivity contribution in [2.45, 2.75) is 20.3 Å². The molecule has 0 aliphatic carbocycles. The highest BCUT2D eigenvalue weighted by molar-refractivity contribution is 5.97. The van der Waals surface area contributed by atoms with Crippen LogP contribution in [0.5, 0.6) is 0 Å². The van der Waals surface area contributed by atoms with Crippen molar-refractivity contribution < 1.29 is 4.79 Å². The molecule has 0 rings (SSSR count). The molecule has 0 bridgehead atoms. The molecule has 0 fully saturated rings. The molecule has 3 nitrogen and oxygen atoms in total. The summed E-state index contributed by atoms with van der Waals surface area (Å²) in [6.07, 6.45) is 4.96. The van der Waals surface area contributed by atoms with E-state index < -0.39 is 0 Å². The Labute approximate surface area is 77.8 Å². The van der Waals surface area contributed by atoms with Crippen LogP contribution in [0.3, 0.4) is 0 Å². The van der Waals surface area contributed by atoms with Crippen LogP contribution in [0.4, 0.5) is 0 Å². The summed E-state index contributed by atoms with van der Waals surface area (Å²) in [5.74, 6) is -0.0300. The van der Waals surface area contributed by atoms with E-state index in [1.54, 1.807) is 19.9 Å². The van der Waals surface area contributed by atoms with Gasteiger partial charge in [-0.3, -0.25) is 4.79 Å². The van der Waals surface area contributed by atoms with Gasteiger partial charge < -0.3 is 0 Å². The minimum absolute atomic E-state index is 0.0300. The van der Waals surface area contributed by atoms with E-state index >= 15 is 0 Å². The number of carbonyl (C=O) groups excluding carboxylic acids is 1. The number of hydrogen-bond donors (Lipinski definition) is 0. The van der Waals surface area contributed by atoms with E-state index in [1.165, 1.54) is 12.2 Å². The molecule has 0 aromatic heterocycles. The topological polar surface area (TPSA) is 46.5 Å². The predicted octanol–water partition coefficient (Wildman–Crippen LogP) is 2.75. The van der Waals surface area contributed by atoms with Crippen LogP contribution in [0, 0.1) is 4.91 Å². The summed E-state index contributed by atoms with van der Waals surface area (Å²) in [7, 11) is 0. The van der Waals surface area contributed by atoms with Crippen LogP contribution < -0.4 is 0 Å². The summed E-state index contributed by atoms with van der Waals surface area (Å²) in [6, 6.07) is 0. The largest absolute Gasteiger partial charge is 0.294 e. The average molecular weight is 179 g/mol. The Morgan fingerprint density at radius 3 is 2.46 bits per heavy atom. The van der Waals surface area contributed by atoms with E-state index in [9.17, 15) is 9.70 Å². The number of Topliss-reactive ketones (excluding diaryl/α,β-unsaturated/α-hetero) is 1. The first-order chi connectivity index (χ1) is 6.15. The first-order valence-electron chi connectivity index (χ1n) is 4.05. The third-order valence-corrected chi connectivity index (χ3v) is 1.54. The standard InChI is InChI=1S/C10H13NO2/c1-4-9(11-13)7-6-8(3)10(12)5-2/h4,6-7H,3,5H2,1-2H3/b7-6-,9-4+. The Morgan fingerprint density at radius 2 is 2.08 bits per heavy atom. The summed E-state index contributed by atoms with van der Waals surface area (Å²) >= 11 is 0. The molecule has 0 unspecified atom stereocenters. The summed E-state index contributed by atoms with van der Waals surface area (Å²) < 4.78 is 0. The highest BCUT2D eigenvalue weighted by atomic mass is 16.3. The smallest absolute Gasteiger partial charge is 0.162 e. The summed E-state index contributed by atoms with van der Waals surface area (Å²) in [4.78, 5) is 21.1. The molecule has 0 heterocycles. The molecular weight excluding hydrogens is 166 g/mol. The number of allylic oxidation sites excluding steroid dienone is 4. The molecule has 70 valence electrons. The Bertz CT molecular complexity index is 275. The number of carbonyl (C=O) groups is 1. The number of nitrogens with zero attached hydrogens (tertiary/aromatic N) is 1. The van der Waals surface area contributed by atoms with Gasteiger partial charge in [0.2, 0.25) is 0 Å². The second-order valence-electron chi connectivity index (χ2n) is 2.44. The van der Waals surface area contributed by atoms with Crippen molar-refractivity contribution in [2.75, 3.05) is 0 Å². The normalized spacial score (nSPS) is 11.7. The first kappa shape index (κ1) is 11.5. The van der Waals surface area contributed by atoms with Gasteiger partial charge in [0.25, 0.3) is 0 Å². The van der Waals surface area contributed by atoms with Crippen LogP contribution in [-0.2, 0) is 4.79 Å². The van der Waals surface area contributed by atoms with Gasteiger partial charge in [-0.2, -0.15) is 0 Å². The van der Waals surface area contributed by atoms with Gasteiger partial charge in [0, 0.05) is 12.0 Å². The van der Waals surface area contributed by atoms with E-state index in [2.05, 4.69) is 11.8 Å².